The van der Waals surface area contributed by atoms with Gasteiger partial charge in [0.1, 0.15) is 0 Å². The number of hydrogen-bond donors (Lipinski definition) is 1. The van der Waals surface area contributed by atoms with Gasteiger partial charge >= 0.3 is 0 Å². The standard InChI is InChI=1S/C52H40N4.C2H6/c1-4-5-20-48(53)35-21-24-39(25-22-35)55(41-26-29-43-42-18-12-13-19-46(42)52(2,3)47(43)34-41)40-27-30-49-45(33-40)44-28-23-36-31-32-54(37-14-8-6-9-15-37)50(36)51(44)56(49)38-16-10-7-11-17-38;1-2/h4-34,53H,1H2,2-3H3;1-2H3/b20-5-,53-48?;. The molecule has 0 fully saturated rings. The highest BCUT2D eigenvalue weighted by Gasteiger charge is 2.35. The Morgan fingerprint density at radius 2 is 1.24 bits per heavy atom. The van der Waals surface area contributed by atoms with Gasteiger partial charge in [-0.25, -0.2) is 0 Å². The zero-order valence-electron chi connectivity index (χ0n) is 33.4. The smallest absolute Gasteiger partial charge is 0.0788 e. The summed E-state index contributed by atoms with van der Waals surface area (Å²) in [5.41, 5.74) is 15.3. The van der Waals surface area contributed by atoms with E-state index >= 15 is 0 Å². The summed E-state index contributed by atoms with van der Waals surface area (Å²) in [6.45, 7) is 12.4. The molecule has 1 N–H and O–H groups in total. The number of benzene rings is 7. The molecular weight excluding hydrogens is 705 g/mol. The van der Waals surface area contributed by atoms with Crippen LogP contribution < -0.4 is 4.90 Å². The lowest BCUT2D eigenvalue weighted by atomic mass is 9.82. The lowest BCUT2D eigenvalue weighted by Gasteiger charge is -2.28. The maximum Gasteiger partial charge on any atom is 0.0788 e. The summed E-state index contributed by atoms with van der Waals surface area (Å²) in [5.74, 6) is 0. The van der Waals surface area contributed by atoms with Gasteiger partial charge in [0.15, 0.2) is 0 Å². The van der Waals surface area contributed by atoms with E-state index in [2.05, 4.69) is 192 Å². The Kier molecular flexibility index (Phi) is 9.26. The molecule has 7 aromatic carbocycles. The number of nitrogens with zero attached hydrogens (tertiary/aromatic N) is 3. The monoisotopic (exact) mass is 750 g/mol. The van der Waals surface area contributed by atoms with E-state index in [-0.39, 0.29) is 5.41 Å². The summed E-state index contributed by atoms with van der Waals surface area (Å²) < 4.78 is 4.74. The van der Waals surface area contributed by atoms with Crippen molar-refractivity contribution in [1.29, 1.82) is 5.41 Å². The molecule has 9 aromatic rings. The number of fused-ring (bicyclic) bond motifs is 8. The van der Waals surface area contributed by atoms with Gasteiger partial charge in [-0.3, -0.25) is 0 Å². The molecule has 0 atom stereocenters. The zero-order chi connectivity index (χ0) is 40.0. The summed E-state index contributed by atoms with van der Waals surface area (Å²) >= 11 is 0. The van der Waals surface area contributed by atoms with Crippen molar-refractivity contribution in [2.24, 2.45) is 0 Å². The molecule has 1 aliphatic carbocycles. The van der Waals surface area contributed by atoms with E-state index in [0.29, 0.717) is 5.71 Å². The van der Waals surface area contributed by atoms with E-state index in [0.717, 1.165) is 39.5 Å². The number of para-hydroxylation sites is 2. The Bertz CT molecular complexity index is 3010. The van der Waals surface area contributed by atoms with Crippen molar-refractivity contribution in [2.75, 3.05) is 4.90 Å². The third-order valence-corrected chi connectivity index (χ3v) is 11.5. The van der Waals surface area contributed by atoms with Crippen LogP contribution in [0.4, 0.5) is 17.1 Å². The van der Waals surface area contributed by atoms with E-state index in [1.165, 1.54) is 49.4 Å². The Morgan fingerprint density at radius 1 is 0.603 bits per heavy atom. The van der Waals surface area contributed by atoms with E-state index in [1.54, 1.807) is 18.2 Å². The number of anilines is 3. The molecule has 282 valence electrons. The average molecular weight is 751 g/mol. The van der Waals surface area contributed by atoms with Crippen LogP contribution in [0, 0.1) is 5.41 Å². The number of nitrogens with one attached hydrogen (secondary N) is 1. The number of hydrogen-bond acceptors (Lipinski definition) is 2. The lowest BCUT2D eigenvalue weighted by Crippen LogP contribution is -2.16. The Hall–Kier alpha value is -7.17. The van der Waals surface area contributed by atoms with Gasteiger partial charge in [0, 0.05) is 56.2 Å². The highest BCUT2D eigenvalue weighted by atomic mass is 15.1. The van der Waals surface area contributed by atoms with Gasteiger partial charge in [0.25, 0.3) is 0 Å². The van der Waals surface area contributed by atoms with Gasteiger partial charge in [-0.05, 0) is 107 Å². The molecule has 0 radical (unpaired) electrons. The summed E-state index contributed by atoms with van der Waals surface area (Å²) in [4.78, 5) is 2.36. The first kappa shape index (κ1) is 36.5. The summed E-state index contributed by atoms with van der Waals surface area (Å²) in [7, 11) is 0. The fourth-order valence-electron chi connectivity index (χ4n) is 8.83. The molecule has 2 aromatic heterocycles. The molecule has 4 heteroatoms. The molecule has 58 heavy (non-hydrogen) atoms. The maximum atomic E-state index is 8.63. The van der Waals surface area contributed by atoms with Crippen molar-refractivity contribution >= 4 is 55.5 Å². The fraction of sp³-hybridized carbons (Fsp3) is 0.0926. The van der Waals surface area contributed by atoms with Crippen LogP contribution in [0.25, 0.3) is 55.2 Å². The first-order valence-electron chi connectivity index (χ1n) is 20.1. The predicted molar refractivity (Wildman–Crippen MR) is 247 cm³/mol. The van der Waals surface area contributed by atoms with Crippen molar-refractivity contribution in [3.8, 4) is 22.5 Å². The molecular formula is C54H46N4. The largest absolute Gasteiger partial charge is 0.315 e. The Labute approximate surface area is 340 Å². The molecule has 0 bridgehead atoms. The van der Waals surface area contributed by atoms with Crippen LogP contribution >= 0.6 is 0 Å². The quantitative estimate of drug-likeness (QED) is 0.122. The number of rotatable bonds is 8. The normalized spacial score (nSPS) is 12.7. The van der Waals surface area contributed by atoms with Gasteiger partial charge in [0.2, 0.25) is 0 Å². The van der Waals surface area contributed by atoms with E-state index in [1.807, 2.05) is 26.0 Å². The van der Waals surface area contributed by atoms with Gasteiger partial charge < -0.3 is 19.4 Å². The van der Waals surface area contributed by atoms with Gasteiger partial charge in [-0.2, -0.15) is 0 Å². The molecule has 0 saturated carbocycles. The van der Waals surface area contributed by atoms with E-state index in [9.17, 15) is 0 Å². The van der Waals surface area contributed by atoms with Gasteiger partial charge in [-0.15, -0.1) is 0 Å². The maximum absolute atomic E-state index is 8.63. The van der Waals surface area contributed by atoms with Crippen molar-refractivity contribution < 1.29 is 0 Å². The second-order valence-electron chi connectivity index (χ2n) is 15.1. The zero-order valence-corrected chi connectivity index (χ0v) is 33.4. The minimum absolute atomic E-state index is 0.143. The van der Waals surface area contributed by atoms with Crippen LogP contribution in [0.15, 0.2) is 195 Å². The minimum Gasteiger partial charge on any atom is -0.315 e. The molecule has 0 unspecified atom stereocenters. The highest BCUT2D eigenvalue weighted by molar-refractivity contribution is 6.19. The highest BCUT2D eigenvalue weighted by Crippen LogP contribution is 2.51. The third-order valence-electron chi connectivity index (χ3n) is 11.5. The molecule has 10 rings (SSSR count). The first-order valence-corrected chi connectivity index (χ1v) is 20.1. The van der Waals surface area contributed by atoms with Crippen molar-refractivity contribution in [1.82, 2.24) is 9.13 Å². The topological polar surface area (TPSA) is 37.0 Å². The number of allylic oxidation sites excluding steroid dienone is 3. The van der Waals surface area contributed by atoms with Crippen LogP contribution in [0.3, 0.4) is 0 Å². The van der Waals surface area contributed by atoms with Crippen LogP contribution in [-0.2, 0) is 5.41 Å². The van der Waals surface area contributed by atoms with Gasteiger partial charge in [-0.1, -0.05) is 137 Å². The second-order valence-corrected chi connectivity index (χ2v) is 15.1. The average Bonchev–Trinajstić information content (AvgIpc) is 3.93. The molecule has 0 saturated heterocycles. The third kappa shape index (κ3) is 5.88. The van der Waals surface area contributed by atoms with E-state index in [4.69, 9.17) is 5.41 Å². The Balaban J connectivity index is 0.00000215. The van der Waals surface area contributed by atoms with Crippen LogP contribution in [0.2, 0.25) is 0 Å². The fourth-order valence-corrected chi connectivity index (χ4v) is 8.83. The summed E-state index contributed by atoms with van der Waals surface area (Å²) in [6, 6.07) is 59.0. The first-order chi connectivity index (χ1) is 28.4. The van der Waals surface area contributed by atoms with Crippen LogP contribution in [0.1, 0.15) is 44.4 Å². The van der Waals surface area contributed by atoms with E-state index < -0.39 is 0 Å². The number of aromatic nitrogens is 2. The molecule has 0 amide bonds. The molecule has 2 heterocycles. The SMILES string of the molecule is C=C/C=C\C(=N)c1ccc(N(c2ccc3c(c2)C(C)(C)c2ccccc2-3)c2ccc3c(c2)c2ccc4ccn(-c5ccccc5)c4c2n3-c2ccccc2)cc1.CC. The van der Waals surface area contributed by atoms with Crippen LogP contribution in [-0.4, -0.2) is 14.8 Å². The molecule has 0 aliphatic heterocycles. The molecule has 4 nitrogen and oxygen atoms in total. The van der Waals surface area contributed by atoms with Gasteiger partial charge in [0.05, 0.1) is 22.3 Å². The summed E-state index contributed by atoms with van der Waals surface area (Å²) in [6.07, 6.45) is 7.47. The lowest BCUT2D eigenvalue weighted by molar-refractivity contribution is 0.660. The van der Waals surface area contributed by atoms with Crippen molar-refractivity contribution in [3.63, 3.8) is 0 Å². The van der Waals surface area contributed by atoms with Crippen molar-refractivity contribution in [2.45, 2.75) is 33.1 Å². The molecule has 1 aliphatic rings. The van der Waals surface area contributed by atoms with Crippen molar-refractivity contribution in [3.05, 3.63) is 211 Å². The predicted octanol–water partition coefficient (Wildman–Crippen LogP) is 14.6. The molecule has 0 spiro atoms. The summed E-state index contributed by atoms with van der Waals surface area (Å²) in [5, 5.41) is 12.2. The second kappa shape index (κ2) is 14.7. The Morgan fingerprint density at radius 3 is 1.98 bits per heavy atom. The van der Waals surface area contributed by atoms with Crippen LogP contribution in [0.5, 0.6) is 0 Å². The minimum atomic E-state index is -0.143.